The average Bonchev–Trinajstić information content (AvgIpc) is 3.59. The van der Waals surface area contributed by atoms with E-state index in [0.29, 0.717) is 17.8 Å². The van der Waals surface area contributed by atoms with Gasteiger partial charge in [-0.15, -0.1) is 22.7 Å². The van der Waals surface area contributed by atoms with E-state index in [4.69, 9.17) is 9.97 Å². The Morgan fingerprint density at radius 1 is 0.789 bits per heavy atom. The molecule has 6 aromatic rings. The maximum Gasteiger partial charge on any atom is 0.292 e. The Morgan fingerprint density at radius 3 is 2.29 bits per heavy atom. The lowest BCUT2D eigenvalue weighted by atomic mass is 10.1. The van der Waals surface area contributed by atoms with Crippen LogP contribution < -0.4 is 9.13 Å². The van der Waals surface area contributed by atoms with Crippen molar-refractivity contribution in [3.8, 4) is 5.00 Å². The molecule has 0 aliphatic rings. The van der Waals surface area contributed by atoms with Gasteiger partial charge in [-0.1, -0.05) is 52.9 Å². The molecular formula is C29H32N6S3+2. The van der Waals surface area contributed by atoms with Gasteiger partial charge >= 0.3 is 0 Å². The van der Waals surface area contributed by atoms with Crippen molar-refractivity contribution in [1.82, 2.24) is 19.9 Å². The molecule has 6 aromatic heterocycles. The van der Waals surface area contributed by atoms with E-state index in [0.717, 1.165) is 28.8 Å². The lowest BCUT2D eigenvalue weighted by Crippen LogP contribution is -2.39. The summed E-state index contributed by atoms with van der Waals surface area (Å²) in [4.78, 5) is 20.2. The number of nitrogens with zero attached hydrogens (tertiary/aromatic N) is 6. The molecule has 194 valence electrons. The van der Waals surface area contributed by atoms with Gasteiger partial charge in [0.1, 0.15) is 33.7 Å². The monoisotopic (exact) mass is 560 g/mol. The largest absolute Gasteiger partial charge is 0.292 e. The number of aryl methyl sites for hydroxylation is 1. The zero-order chi connectivity index (χ0) is 26.7. The van der Waals surface area contributed by atoms with Crippen molar-refractivity contribution in [3.05, 3.63) is 64.0 Å². The van der Waals surface area contributed by atoms with Crippen LogP contribution in [0.15, 0.2) is 36.5 Å². The van der Waals surface area contributed by atoms with Crippen molar-refractivity contribution in [2.45, 2.75) is 72.8 Å². The number of thiophene rings is 3. The molecular weight excluding hydrogens is 529 g/mol. The minimum Gasteiger partial charge on any atom is -0.240 e. The minimum atomic E-state index is 0.329. The molecule has 9 heteroatoms. The highest BCUT2D eigenvalue weighted by Crippen LogP contribution is 2.36. The molecule has 38 heavy (non-hydrogen) atoms. The minimum absolute atomic E-state index is 0.329. The highest BCUT2D eigenvalue weighted by molar-refractivity contribution is 7.21. The number of hydrogen-bond acceptors (Lipinski definition) is 7. The molecule has 0 spiro atoms. The van der Waals surface area contributed by atoms with E-state index in [1.807, 2.05) is 24.0 Å². The molecule has 0 aliphatic heterocycles. The molecule has 0 unspecified atom stereocenters. The third kappa shape index (κ3) is 4.12. The Balaban J connectivity index is 1.49. The van der Waals surface area contributed by atoms with Crippen LogP contribution in [0.2, 0.25) is 0 Å². The second kappa shape index (κ2) is 9.70. The first-order valence-corrected chi connectivity index (χ1v) is 15.6. The van der Waals surface area contributed by atoms with Crippen molar-refractivity contribution < 1.29 is 9.13 Å². The summed E-state index contributed by atoms with van der Waals surface area (Å²) in [7, 11) is 0. The quantitative estimate of drug-likeness (QED) is 0.202. The fraction of sp³-hybridized carbons (Fsp3) is 0.379. The van der Waals surface area contributed by atoms with Gasteiger partial charge in [-0.05, 0) is 28.2 Å². The van der Waals surface area contributed by atoms with Gasteiger partial charge in [0.15, 0.2) is 16.0 Å². The van der Waals surface area contributed by atoms with Gasteiger partial charge in [-0.25, -0.2) is 14.5 Å². The van der Waals surface area contributed by atoms with E-state index in [9.17, 15) is 0 Å². The first kappa shape index (κ1) is 25.4. The summed E-state index contributed by atoms with van der Waals surface area (Å²) in [5.41, 5.74) is 8.13. The topological polar surface area (TPSA) is 59.3 Å². The van der Waals surface area contributed by atoms with Crippen molar-refractivity contribution in [2.24, 2.45) is 0 Å². The molecule has 0 aromatic carbocycles. The summed E-state index contributed by atoms with van der Waals surface area (Å²) in [5, 5.41) is 3.32. The van der Waals surface area contributed by atoms with Crippen LogP contribution in [0.25, 0.3) is 35.7 Å². The number of fused-ring (bicyclic) bond motifs is 3. The Hall–Kier alpha value is -2.88. The van der Waals surface area contributed by atoms with Crippen molar-refractivity contribution >= 4 is 64.7 Å². The van der Waals surface area contributed by atoms with Crippen LogP contribution in [0.4, 0.5) is 0 Å². The Kier molecular flexibility index (Phi) is 6.48. The van der Waals surface area contributed by atoms with E-state index >= 15 is 0 Å². The first-order chi connectivity index (χ1) is 18.2. The molecule has 6 heterocycles. The fourth-order valence-corrected chi connectivity index (χ4v) is 8.98. The summed E-state index contributed by atoms with van der Waals surface area (Å²) in [6, 6.07) is 4.37. The molecule has 0 atom stereocenters. The average molecular weight is 561 g/mol. The van der Waals surface area contributed by atoms with Gasteiger partial charge in [0.25, 0.3) is 12.7 Å². The molecule has 0 bridgehead atoms. The third-order valence-corrected chi connectivity index (χ3v) is 10.3. The smallest absolute Gasteiger partial charge is 0.240 e. The maximum atomic E-state index is 4.95. The maximum absolute atomic E-state index is 4.95. The molecule has 0 saturated heterocycles. The summed E-state index contributed by atoms with van der Waals surface area (Å²) in [6.07, 6.45) is 5.70. The zero-order valence-corrected chi connectivity index (χ0v) is 25.3. The molecule has 0 saturated carbocycles. The van der Waals surface area contributed by atoms with Gasteiger partial charge in [0.2, 0.25) is 0 Å². The van der Waals surface area contributed by atoms with Crippen molar-refractivity contribution in [2.75, 3.05) is 0 Å². The molecule has 0 amide bonds. The van der Waals surface area contributed by atoms with E-state index < -0.39 is 0 Å². The Morgan fingerprint density at radius 2 is 1.55 bits per heavy atom. The first-order valence-electron chi connectivity index (χ1n) is 13.1. The summed E-state index contributed by atoms with van der Waals surface area (Å²) in [5.74, 6) is 1.09. The predicted octanol–water partition coefficient (Wildman–Crippen LogP) is 7.20. The van der Waals surface area contributed by atoms with Gasteiger partial charge in [-0.3, -0.25) is 0 Å². The van der Waals surface area contributed by atoms with Crippen LogP contribution in [0.5, 0.6) is 0 Å². The van der Waals surface area contributed by atoms with Crippen LogP contribution in [-0.4, -0.2) is 19.9 Å². The standard InChI is InChI=1S/C29H32N6S3/c1-15(2)22-28-23(31-12-30-22)18(7)29(38-28)35-14-33-21-10-19(37-27(21)25(35)17(5)6)11-34-13-32-20-8-9-36-26(20)24(34)16(3)4/h8-10,12-17H,11H2,1-7H3/q+2. The second-order valence-electron chi connectivity index (χ2n) is 10.8. The molecule has 0 aliphatic carbocycles. The van der Waals surface area contributed by atoms with Crippen LogP contribution in [-0.2, 0) is 6.54 Å². The van der Waals surface area contributed by atoms with Crippen LogP contribution >= 0.6 is 34.0 Å². The van der Waals surface area contributed by atoms with Crippen LogP contribution in [0, 0.1) is 6.92 Å². The number of hydrogen-bond donors (Lipinski definition) is 0. The van der Waals surface area contributed by atoms with Gasteiger partial charge in [0.05, 0.1) is 20.8 Å². The SMILES string of the molecule is Cc1c(-[n+]2cnc3cc(C[n+]4cnc5ccsc5c4C(C)C)sc3c2C(C)C)sc2c(C(C)C)ncnc12. The fourth-order valence-electron chi connectivity index (χ4n) is 5.26. The number of aromatic nitrogens is 6. The Bertz CT molecular complexity index is 1810. The van der Waals surface area contributed by atoms with Crippen LogP contribution in [0.1, 0.15) is 86.8 Å². The summed E-state index contributed by atoms with van der Waals surface area (Å²) in [6.45, 7) is 16.4. The van der Waals surface area contributed by atoms with Gasteiger partial charge < -0.3 is 0 Å². The molecule has 0 radical (unpaired) electrons. The lowest BCUT2D eigenvalue weighted by molar-refractivity contribution is -0.697. The van der Waals surface area contributed by atoms with E-state index in [1.165, 1.54) is 40.9 Å². The van der Waals surface area contributed by atoms with Gasteiger partial charge in [-0.2, -0.15) is 4.57 Å². The molecule has 0 N–H and O–H groups in total. The van der Waals surface area contributed by atoms with E-state index in [1.54, 1.807) is 29.0 Å². The third-order valence-electron chi connectivity index (χ3n) is 6.98. The van der Waals surface area contributed by atoms with E-state index in [-0.39, 0.29) is 0 Å². The van der Waals surface area contributed by atoms with Crippen molar-refractivity contribution in [1.29, 1.82) is 0 Å². The molecule has 0 fully saturated rings. The van der Waals surface area contributed by atoms with Gasteiger partial charge in [0, 0.05) is 29.5 Å². The number of rotatable bonds is 6. The van der Waals surface area contributed by atoms with Crippen LogP contribution in [0.3, 0.4) is 0 Å². The predicted molar refractivity (Wildman–Crippen MR) is 158 cm³/mol. The van der Waals surface area contributed by atoms with Crippen molar-refractivity contribution in [3.63, 3.8) is 0 Å². The normalized spacial score (nSPS) is 12.4. The highest BCUT2D eigenvalue weighted by atomic mass is 32.1. The molecule has 6 nitrogen and oxygen atoms in total. The Labute approximate surface area is 234 Å². The van der Waals surface area contributed by atoms with E-state index in [2.05, 4.69) is 85.1 Å². The summed E-state index contributed by atoms with van der Waals surface area (Å²) >= 11 is 5.41. The summed E-state index contributed by atoms with van der Waals surface area (Å²) < 4.78 is 8.33. The lowest BCUT2D eigenvalue weighted by Gasteiger charge is -2.09. The molecule has 6 rings (SSSR count). The second-order valence-corrected chi connectivity index (χ2v) is 13.8. The zero-order valence-electron chi connectivity index (χ0n) is 22.8. The highest BCUT2D eigenvalue weighted by Gasteiger charge is 2.28.